The molecule has 1 aromatic heterocycles. The molecule has 2 aromatic rings. The summed E-state index contributed by atoms with van der Waals surface area (Å²) in [6.45, 7) is 5.27. The van der Waals surface area contributed by atoms with E-state index in [1.807, 2.05) is 12.4 Å². The largest absolute Gasteiger partial charge is 0.360 e. The van der Waals surface area contributed by atoms with E-state index < -0.39 is 40.5 Å². The van der Waals surface area contributed by atoms with E-state index in [1.54, 1.807) is 11.8 Å². The number of benzene rings is 1. The van der Waals surface area contributed by atoms with E-state index in [0.29, 0.717) is 43.1 Å². The summed E-state index contributed by atoms with van der Waals surface area (Å²) in [6, 6.07) is 1.59. The summed E-state index contributed by atoms with van der Waals surface area (Å²) in [4.78, 5) is 56.4. The monoisotopic (exact) mass is 568 g/mol. The highest BCUT2D eigenvalue weighted by molar-refractivity contribution is 7.09. The van der Waals surface area contributed by atoms with Gasteiger partial charge in [0.2, 0.25) is 17.7 Å². The molecule has 39 heavy (non-hydrogen) atoms. The van der Waals surface area contributed by atoms with Gasteiger partial charge in [0.1, 0.15) is 22.8 Å². The molecule has 1 aliphatic heterocycles. The van der Waals surface area contributed by atoms with Crippen molar-refractivity contribution in [3.8, 4) is 0 Å². The quantitative estimate of drug-likeness (QED) is 0.401. The number of carbonyl (C=O) groups excluding carboxylic acids is 4. The number of rotatable bonds is 10. The maximum absolute atomic E-state index is 14.9. The number of halogens is 3. The molecule has 10 nitrogen and oxygen atoms in total. The number of nitrogens with zero attached hydrogens (tertiary/aromatic N) is 3. The van der Waals surface area contributed by atoms with Gasteiger partial charge >= 0.3 is 5.92 Å². The smallest absolute Gasteiger partial charge is 0.344 e. The van der Waals surface area contributed by atoms with Crippen LogP contribution >= 0.6 is 11.3 Å². The Bertz CT molecular complexity index is 1190. The lowest BCUT2D eigenvalue weighted by atomic mass is 10.0. The molecule has 0 unspecified atom stereocenters. The SMILES string of the molecule is CCC(=O)N[C@H](Cc1ccc(NC(=O)[C@H](C)NC(=O)C(F)(F)c2cncs2)c(F)c1)C(=O)N1CCN(C)CC1. The second-order valence-electron chi connectivity index (χ2n) is 9.25. The summed E-state index contributed by atoms with van der Waals surface area (Å²) in [6.07, 6.45) is 1.07. The number of hydrogen-bond donors (Lipinski definition) is 3. The lowest BCUT2D eigenvalue weighted by Crippen LogP contribution is -2.54. The van der Waals surface area contributed by atoms with Crippen LogP contribution in [0.4, 0.5) is 18.9 Å². The molecule has 14 heteroatoms. The Morgan fingerprint density at radius 1 is 1.13 bits per heavy atom. The van der Waals surface area contributed by atoms with Crippen molar-refractivity contribution in [3.63, 3.8) is 0 Å². The fourth-order valence-corrected chi connectivity index (χ4v) is 4.44. The highest BCUT2D eigenvalue weighted by Crippen LogP contribution is 2.31. The minimum Gasteiger partial charge on any atom is -0.344 e. The van der Waals surface area contributed by atoms with E-state index in [1.165, 1.54) is 19.1 Å². The van der Waals surface area contributed by atoms with E-state index in [0.717, 1.165) is 17.8 Å². The van der Waals surface area contributed by atoms with Crippen molar-refractivity contribution in [2.45, 2.75) is 44.7 Å². The van der Waals surface area contributed by atoms with Crippen LogP contribution in [0.3, 0.4) is 0 Å². The van der Waals surface area contributed by atoms with Gasteiger partial charge in [0.15, 0.2) is 0 Å². The summed E-state index contributed by atoms with van der Waals surface area (Å²) < 4.78 is 43.4. The molecule has 4 amide bonds. The van der Waals surface area contributed by atoms with Gasteiger partial charge in [-0.3, -0.25) is 24.2 Å². The zero-order valence-electron chi connectivity index (χ0n) is 21.8. The van der Waals surface area contributed by atoms with Crippen molar-refractivity contribution in [1.82, 2.24) is 25.4 Å². The van der Waals surface area contributed by atoms with Gasteiger partial charge in [-0.25, -0.2) is 4.39 Å². The number of likely N-dealkylation sites (N-methyl/N-ethyl adjacent to an activating group) is 1. The van der Waals surface area contributed by atoms with E-state index in [2.05, 4.69) is 20.5 Å². The molecule has 3 rings (SSSR count). The van der Waals surface area contributed by atoms with Crippen molar-refractivity contribution >= 4 is 40.7 Å². The fraction of sp³-hybridized carbons (Fsp3) is 0.480. The summed E-state index contributed by atoms with van der Waals surface area (Å²) >= 11 is 0.597. The van der Waals surface area contributed by atoms with Crippen LogP contribution in [-0.4, -0.2) is 83.7 Å². The molecule has 0 bridgehead atoms. The number of thiazole rings is 1. The number of alkyl halides is 2. The highest BCUT2D eigenvalue weighted by Gasteiger charge is 2.43. The first-order valence-electron chi connectivity index (χ1n) is 12.4. The van der Waals surface area contributed by atoms with Crippen LogP contribution in [0.5, 0.6) is 0 Å². The molecule has 0 radical (unpaired) electrons. The fourth-order valence-electron chi connectivity index (χ4n) is 3.84. The van der Waals surface area contributed by atoms with E-state index in [-0.39, 0.29) is 30.3 Å². The Morgan fingerprint density at radius 2 is 1.82 bits per heavy atom. The third-order valence-corrected chi connectivity index (χ3v) is 7.11. The number of nitrogens with one attached hydrogen (secondary N) is 3. The molecule has 1 aromatic carbocycles. The van der Waals surface area contributed by atoms with Crippen LogP contribution < -0.4 is 16.0 Å². The Labute approximate surface area is 227 Å². The van der Waals surface area contributed by atoms with E-state index in [4.69, 9.17) is 0 Å². The molecule has 0 aliphatic carbocycles. The highest BCUT2D eigenvalue weighted by atomic mass is 32.1. The molecule has 1 saturated heterocycles. The number of carbonyl (C=O) groups is 4. The maximum atomic E-state index is 14.9. The average Bonchev–Trinajstić information content (AvgIpc) is 3.45. The standard InChI is InChI=1S/C25H31F3N6O4S/c1-4-21(35)31-19(23(37)34-9-7-33(3)8-10-34)12-16-5-6-18(17(26)11-16)32-22(36)15(2)30-24(38)25(27,28)20-13-29-14-39-20/h5-6,11,13-15,19H,4,7-10,12H2,1-3H3,(H,30,38)(H,31,35)(H,32,36)/t15-,19+/m0/s1. The average molecular weight is 569 g/mol. The van der Waals surface area contributed by atoms with Gasteiger partial charge in [-0.2, -0.15) is 8.78 Å². The molecular formula is C25H31F3N6O4S. The summed E-state index contributed by atoms with van der Waals surface area (Å²) in [7, 11) is 1.95. The molecule has 212 valence electrons. The van der Waals surface area contributed by atoms with Crippen LogP contribution in [0.2, 0.25) is 0 Å². The van der Waals surface area contributed by atoms with Gasteiger partial charge in [-0.05, 0) is 31.7 Å². The molecule has 0 spiro atoms. The third-order valence-electron chi connectivity index (χ3n) is 6.27. The Balaban J connectivity index is 1.64. The molecule has 2 atom stereocenters. The van der Waals surface area contributed by atoms with Gasteiger partial charge in [0.05, 0.1) is 11.2 Å². The minimum atomic E-state index is -3.88. The third kappa shape index (κ3) is 7.76. The van der Waals surface area contributed by atoms with Crippen LogP contribution in [0, 0.1) is 5.82 Å². The van der Waals surface area contributed by atoms with Gasteiger partial charge in [-0.1, -0.05) is 13.0 Å². The van der Waals surface area contributed by atoms with Gasteiger partial charge in [0, 0.05) is 45.2 Å². The Hall–Kier alpha value is -3.52. The predicted octanol–water partition coefficient (Wildman–Crippen LogP) is 1.73. The van der Waals surface area contributed by atoms with Crippen molar-refractivity contribution in [2.75, 3.05) is 38.5 Å². The lowest BCUT2D eigenvalue weighted by Gasteiger charge is -2.34. The van der Waals surface area contributed by atoms with Crippen molar-refractivity contribution in [3.05, 3.63) is 46.2 Å². The van der Waals surface area contributed by atoms with Crippen LogP contribution in [-0.2, 0) is 31.5 Å². The van der Waals surface area contributed by atoms with Gasteiger partial charge in [0.25, 0.3) is 5.91 Å². The van der Waals surface area contributed by atoms with Crippen molar-refractivity contribution in [2.24, 2.45) is 0 Å². The molecule has 1 fully saturated rings. The number of hydrogen-bond acceptors (Lipinski definition) is 7. The normalized spacial score (nSPS) is 15.8. The first-order valence-corrected chi connectivity index (χ1v) is 13.2. The zero-order chi connectivity index (χ0) is 28.7. The van der Waals surface area contributed by atoms with Crippen LogP contribution in [0.1, 0.15) is 30.7 Å². The summed E-state index contributed by atoms with van der Waals surface area (Å²) in [5.74, 6) is -7.88. The molecule has 3 N–H and O–H groups in total. The molecular weight excluding hydrogens is 537 g/mol. The summed E-state index contributed by atoms with van der Waals surface area (Å²) in [5.41, 5.74) is 1.32. The Kier molecular flexibility index (Phi) is 10.0. The second kappa shape index (κ2) is 13.0. The number of amides is 4. The van der Waals surface area contributed by atoms with Crippen molar-refractivity contribution < 1.29 is 32.3 Å². The van der Waals surface area contributed by atoms with E-state index >= 15 is 0 Å². The number of aromatic nitrogens is 1. The van der Waals surface area contributed by atoms with Gasteiger partial charge in [-0.15, -0.1) is 11.3 Å². The molecule has 0 saturated carbocycles. The van der Waals surface area contributed by atoms with Crippen LogP contribution in [0.15, 0.2) is 29.9 Å². The number of anilines is 1. The van der Waals surface area contributed by atoms with Gasteiger partial charge < -0.3 is 25.8 Å². The summed E-state index contributed by atoms with van der Waals surface area (Å²) in [5, 5.41) is 6.90. The first kappa shape index (κ1) is 30.0. The topological polar surface area (TPSA) is 124 Å². The second-order valence-corrected chi connectivity index (χ2v) is 10.1. The van der Waals surface area contributed by atoms with Crippen molar-refractivity contribution in [1.29, 1.82) is 0 Å². The Morgan fingerprint density at radius 3 is 2.41 bits per heavy atom. The van der Waals surface area contributed by atoms with E-state index in [9.17, 15) is 32.3 Å². The first-order chi connectivity index (χ1) is 18.4. The molecule has 1 aliphatic rings. The molecule has 2 heterocycles. The lowest BCUT2D eigenvalue weighted by molar-refractivity contribution is -0.148. The maximum Gasteiger partial charge on any atom is 0.360 e. The zero-order valence-corrected chi connectivity index (χ0v) is 22.6. The number of piperazine rings is 1. The minimum absolute atomic E-state index is 0.0289. The predicted molar refractivity (Wildman–Crippen MR) is 139 cm³/mol. The van der Waals surface area contributed by atoms with Crippen LogP contribution in [0.25, 0.3) is 0 Å².